The lowest BCUT2D eigenvalue weighted by molar-refractivity contribution is 1.25. The minimum absolute atomic E-state index is 0. The Hall–Kier alpha value is -3.51. The van der Waals surface area contributed by atoms with Crippen LogP contribution in [0.1, 0.15) is 11.4 Å². The van der Waals surface area contributed by atoms with Crippen LogP contribution in [-0.4, -0.2) is 27.3 Å². The van der Waals surface area contributed by atoms with Crippen molar-refractivity contribution < 1.29 is 0 Å². The molecule has 3 radical (unpaired) electrons. The second kappa shape index (κ2) is 8.45. The maximum Gasteiger partial charge on any atom is 0.0783 e. The van der Waals surface area contributed by atoms with E-state index >= 15 is 0 Å². The lowest BCUT2D eigenvalue weighted by Gasteiger charge is -2.17. The second-order valence-electron chi connectivity index (χ2n) is 8.37. The van der Waals surface area contributed by atoms with E-state index in [4.69, 9.17) is 9.97 Å². The van der Waals surface area contributed by atoms with Gasteiger partial charge < -0.3 is 0 Å². The SMILES string of the molecule is Cc1ccc2cccc(-c3ccc4ccccc4c3-c3cccc4ccc(C)nc34)c2n1.[Al]. The number of para-hydroxylation sites is 2. The maximum absolute atomic E-state index is 4.95. The molecule has 0 unspecified atom stereocenters. The van der Waals surface area contributed by atoms with Crippen molar-refractivity contribution in [3.8, 4) is 22.3 Å². The third-order valence-corrected chi connectivity index (χ3v) is 6.21. The molecule has 3 heteroatoms. The number of hydrogen-bond acceptors (Lipinski definition) is 2. The predicted octanol–water partition coefficient (Wildman–Crippen LogP) is 7.51. The molecule has 0 atom stereocenters. The van der Waals surface area contributed by atoms with E-state index in [-0.39, 0.29) is 17.4 Å². The van der Waals surface area contributed by atoms with Crippen LogP contribution < -0.4 is 0 Å². The molecular weight excluding hydrogens is 415 g/mol. The van der Waals surface area contributed by atoms with Gasteiger partial charge in [0.15, 0.2) is 0 Å². The predicted molar refractivity (Wildman–Crippen MR) is 141 cm³/mol. The Morgan fingerprint density at radius 2 is 1.00 bits per heavy atom. The topological polar surface area (TPSA) is 25.8 Å². The summed E-state index contributed by atoms with van der Waals surface area (Å²) in [5.41, 5.74) is 8.82. The summed E-state index contributed by atoms with van der Waals surface area (Å²) in [6.45, 7) is 4.10. The Morgan fingerprint density at radius 1 is 0.455 bits per heavy atom. The molecule has 0 bridgehead atoms. The second-order valence-corrected chi connectivity index (χ2v) is 8.37. The van der Waals surface area contributed by atoms with Crippen molar-refractivity contribution in [3.05, 3.63) is 108 Å². The van der Waals surface area contributed by atoms with Crippen molar-refractivity contribution in [2.45, 2.75) is 13.8 Å². The van der Waals surface area contributed by atoms with Gasteiger partial charge in [-0.25, -0.2) is 0 Å². The summed E-state index contributed by atoms with van der Waals surface area (Å²) in [5.74, 6) is 0. The number of fused-ring (bicyclic) bond motifs is 3. The molecule has 0 amide bonds. The average Bonchev–Trinajstić information content (AvgIpc) is 2.82. The number of pyridine rings is 2. The quantitative estimate of drug-likeness (QED) is 0.262. The lowest BCUT2D eigenvalue weighted by Crippen LogP contribution is -1.94. The van der Waals surface area contributed by atoms with E-state index in [1.54, 1.807) is 0 Å². The molecule has 0 aliphatic rings. The van der Waals surface area contributed by atoms with Gasteiger partial charge in [0.2, 0.25) is 0 Å². The summed E-state index contributed by atoms with van der Waals surface area (Å²) in [7, 11) is 0. The molecule has 2 nitrogen and oxygen atoms in total. The van der Waals surface area contributed by atoms with E-state index in [1.165, 1.54) is 21.9 Å². The van der Waals surface area contributed by atoms with E-state index in [1.807, 2.05) is 0 Å². The van der Waals surface area contributed by atoms with Crippen molar-refractivity contribution in [2.24, 2.45) is 0 Å². The molecule has 0 aliphatic carbocycles. The van der Waals surface area contributed by atoms with Crippen molar-refractivity contribution in [3.63, 3.8) is 0 Å². The fraction of sp³-hybridized carbons (Fsp3) is 0.0667. The van der Waals surface area contributed by atoms with Crippen LogP contribution in [-0.2, 0) is 0 Å². The van der Waals surface area contributed by atoms with Gasteiger partial charge in [0.25, 0.3) is 0 Å². The normalized spacial score (nSPS) is 11.1. The third kappa shape index (κ3) is 3.60. The molecule has 33 heavy (non-hydrogen) atoms. The summed E-state index contributed by atoms with van der Waals surface area (Å²) in [4.78, 5) is 9.88. The van der Waals surface area contributed by atoms with E-state index in [0.29, 0.717) is 0 Å². The van der Waals surface area contributed by atoms with Crippen LogP contribution in [0.25, 0.3) is 54.8 Å². The highest BCUT2D eigenvalue weighted by Crippen LogP contribution is 2.42. The van der Waals surface area contributed by atoms with Crippen molar-refractivity contribution in [1.82, 2.24) is 9.97 Å². The fourth-order valence-corrected chi connectivity index (χ4v) is 4.69. The molecule has 2 aromatic heterocycles. The van der Waals surface area contributed by atoms with E-state index in [2.05, 4.69) is 111 Å². The van der Waals surface area contributed by atoms with Crippen LogP contribution in [0, 0.1) is 13.8 Å². The van der Waals surface area contributed by atoms with Crippen molar-refractivity contribution in [2.75, 3.05) is 0 Å². The zero-order chi connectivity index (χ0) is 21.7. The van der Waals surface area contributed by atoms with Crippen LogP contribution in [0.2, 0.25) is 0 Å². The van der Waals surface area contributed by atoms with Crippen molar-refractivity contribution >= 4 is 49.9 Å². The lowest BCUT2D eigenvalue weighted by atomic mass is 9.88. The molecule has 0 aliphatic heterocycles. The zero-order valence-corrected chi connectivity index (χ0v) is 19.9. The summed E-state index contributed by atoms with van der Waals surface area (Å²) < 4.78 is 0. The highest BCUT2D eigenvalue weighted by atomic mass is 27.0. The van der Waals surface area contributed by atoms with Gasteiger partial charge in [0.05, 0.1) is 11.0 Å². The smallest absolute Gasteiger partial charge is 0.0783 e. The van der Waals surface area contributed by atoms with Crippen LogP contribution in [0.3, 0.4) is 0 Å². The first-order chi connectivity index (χ1) is 15.7. The van der Waals surface area contributed by atoms with Gasteiger partial charge in [-0.05, 0) is 47.9 Å². The molecule has 0 spiro atoms. The highest BCUT2D eigenvalue weighted by molar-refractivity contribution is 6.11. The molecule has 6 aromatic rings. The standard InChI is InChI=1S/C30H22N2.Al/c1-19-13-15-22-8-5-11-26(29(22)31-19)25-18-17-21-7-3-4-10-24(21)28(25)27-12-6-9-23-16-14-20(2)32-30(23)27;/h3-18H,1-2H3;. The highest BCUT2D eigenvalue weighted by Gasteiger charge is 2.17. The van der Waals surface area contributed by atoms with Gasteiger partial charge in [-0.3, -0.25) is 9.97 Å². The molecule has 0 saturated heterocycles. The Balaban J connectivity index is 0.00000228. The summed E-state index contributed by atoms with van der Waals surface area (Å²) >= 11 is 0. The number of hydrogen-bond donors (Lipinski definition) is 0. The Kier molecular flexibility index (Phi) is 5.46. The molecule has 6 rings (SSSR count). The maximum atomic E-state index is 4.95. The number of benzene rings is 4. The Morgan fingerprint density at radius 3 is 1.70 bits per heavy atom. The van der Waals surface area contributed by atoms with Gasteiger partial charge in [-0.2, -0.15) is 0 Å². The molecule has 0 N–H and O–H groups in total. The third-order valence-electron chi connectivity index (χ3n) is 6.21. The molecule has 155 valence electrons. The van der Waals surface area contributed by atoms with E-state index in [0.717, 1.165) is 44.3 Å². The minimum Gasteiger partial charge on any atom is -0.252 e. The Bertz CT molecular complexity index is 1650. The van der Waals surface area contributed by atoms with Gasteiger partial charge in [0, 0.05) is 50.6 Å². The molecule has 2 heterocycles. The average molecular weight is 438 g/mol. The number of rotatable bonds is 2. The van der Waals surface area contributed by atoms with Crippen LogP contribution in [0.4, 0.5) is 0 Å². The largest absolute Gasteiger partial charge is 0.252 e. The molecule has 4 aromatic carbocycles. The number of aryl methyl sites for hydroxylation is 2. The first-order valence-corrected chi connectivity index (χ1v) is 10.9. The van der Waals surface area contributed by atoms with Gasteiger partial charge in [-0.15, -0.1) is 0 Å². The monoisotopic (exact) mass is 437 g/mol. The zero-order valence-electron chi connectivity index (χ0n) is 18.7. The van der Waals surface area contributed by atoms with Gasteiger partial charge in [0.1, 0.15) is 0 Å². The van der Waals surface area contributed by atoms with Crippen LogP contribution in [0.5, 0.6) is 0 Å². The van der Waals surface area contributed by atoms with E-state index < -0.39 is 0 Å². The number of aromatic nitrogens is 2. The molecular formula is C30H22AlN2. The van der Waals surface area contributed by atoms with Crippen molar-refractivity contribution in [1.29, 1.82) is 0 Å². The minimum atomic E-state index is 0. The summed E-state index contributed by atoms with van der Waals surface area (Å²) in [5, 5.41) is 4.75. The summed E-state index contributed by atoms with van der Waals surface area (Å²) in [6.07, 6.45) is 0. The van der Waals surface area contributed by atoms with Crippen LogP contribution >= 0.6 is 0 Å². The molecule has 0 saturated carbocycles. The first kappa shape index (κ1) is 21.3. The molecule has 0 fully saturated rings. The number of nitrogens with zero attached hydrogens (tertiary/aromatic N) is 2. The van der Waals surface area contributed by atoms with Crippen LogP contribution in [0.15, 0.2) is 97.1 Å². The van der Waals surface area contributed by atoms with E-state index in [9.17, 15) is 0 Å². The van der Waals surface area contributed by atoms with Gasteiger partial charge >= 0.3 is 0 Å². The fourth-order valence-electron chi connectivity index (χ4n) is 4.69. The van der Waals surface area contributed by atoms with Gasteiger partial charge in [-0.1, -0.05) is 84.9 Å². The first-order valence-electron chi connectivity index (χ1n) is 10.9. The summed E-state index contributed by atoms with van der Waals surface area (Å²) in [6, 6.07) is 34.4. The Labute approximate surface area is 204 Å².